The molecule has 0 unspecified atom stereocenters. The van der Waals surface area contributed by atoms with Crippen LogP contribution in [0.1, 0.15) is 11.1 Å². The summed E-state index contributed by atoms with van der Waals surface area (Å²) in [5.41, 5.74) is 3.74. The van der Waals surface area contributed by atoms with Crippen LogP contribution in [0, 0.1) is 6.92 Å². The Kier molecular flexibility index (Phi) is 4.50. The van der Waals surface area contributed by atoms with Gasteiger partial charge in [-0.25, -0.2) is 4.98 Å². The number of nitrogens with one attached hydrogen (secondary N) is 1. The molecule has 2 rings (SSSR count). The van der Waals surface area contributed by atoms with Gasteiger partial charge in [-0.15, -0.1) is 0 Å². The van der Waals surface area contributed by atoms with Crippen LogP contribution in [0.25, 0.3) is 5.69 Å². The second-order valence-corrected chi connectivity index (χ2v) is 4.25. The number of benzene rings is 1. The molecule has 0 saturated carbocycles. The van der Waals surface area contributed by atoms with E-state index in [1.165, 1.54) is 11.1 Å². The first-order chi connectivity index (χ1) is 8.81. The van der Waals surface area contributed by atoms with Crippen molar-refractivity contribution in [2.24, 2.45) is 0 Å². The van der Waals surface area contributed by atoms with Gasteiger partial charge in [-0.05, 0) is 30.2 Å². The quantitative estimate of drug-likeness (QED) is 0.790. The number of hydrogen-bond acceptors (Lipinski definition) is 3. The molecule has 0 atom stereocenters. The van der Waals surface area contributed by atoms with Gasteiger partial charge < -0.3 is 14.6 Å². The van der Waals surface area contributed by atoms with Crippen LogP contribution < -0.4 is 5.32 Å². The molecule has 0 fully saturated rings. The number of hydrogen-bond donors (Lipinski definition) is 1. The second kappa shape index (κ2) is 6.33. The SMILES string of the molecule is COCCNCc1ccc(-n2ccnc2)cc1C. The van der Waals surface area contributed by atoms with Crippen molar-refractivity contribution in [3.63, 3.8) is 0 Å². The van der Waals surface area contributed by atoms with E-state index in [-0.39, 0.29) is 0 Å². The number of methoxy groups -OCH3 is 1. The molecule has 0 aliphatic rings. The zero-order valence-electron chi connectivity index (χ0n) is 10.9. The van der Waals surface area contributed by atoms with Gasteiger partial charge >= 0.3 is 0 Å². The third-order valence-corrected chi connectivity index (χ3v) is 2.93. The average Bonchev–Trinajstić information content (AvgIpc) is 2.90. The molecule has 1 aromatic carbocycles. The van der Waals surface area contributed by atoms with Crippen LogP contribution in [0.3, 0.4) is 0 Å². The summed E-state index contributed by atoms with van der Waals surface area (Å²) in [6.45, 7) is 4.62. The maximum atomic E-state index is 5.01. The van der Waals surface area contributed by atoms with Crippen LogP contribution in [0.4, 0.5) is 0 Å². The van der Waals surface area contributed by atoms with Crippen molar-refractivity contribution in [1.82, 2.24) is 14.9 Å². The van der Waals surface area contributed by atoms with Gasteiger partial charge in [0.05, 0.1) is 12.9 Å². The molecule has 0 aliphatic carbocycles. The number of imidazole rings is 1. The maximum Gasteiger partial charge on any atom is 0.0991 e. The fraction of sp³-hybridized carbons (Fsp3) is 0.357. The van der Waals surface area contributed by atoms with Gasteiger partial charge in [-0.1, -0.05) is 6.07 Å². The van der Waals surface area contributed by atoms with Gasteiger partial charge in [0.2, 0.25) is 0 Å². The van der Waals surface area contributed by atoms with Crippen LogP contribution in [0.15, 0.2) is 36.9 Å². The topological polar surface area (TPSA) is 39.1 Å². The number of nitrogens with zero attached hydrogens (tertiary/aromatic N) is 2. The molecule has 1 heterocycles. The number of ether oxygens (including phenoxy) is 1. The molecular formula is C14H19N3O. The van der Waals surface area contributed by atoms with E-state index in [1.807, 2.05) is 17.1 Å². The Balaban J connectivity index is 2.01. The maximum absolute atomic E-state index is 5.01. The fourth-order valence-corrected chi connectivity index (χ4v) is 1.85. The lowest BCUT2D eigenvalue weighted by Gasteiger charge is -2.10. The molecular weight excluding hydrogens is 226 g/mol. The van der Waals surface area contributed by atoms with E-state index < -0.39 is 0 Å². The Morgan fingerprint density at radius 3 is 2.94 bits per heavy atom. The molecule has 1 N–H and O–H groups in total. The predicted octanol–water partition coefficient (Wildman–Crippen LogP) is 1.92. The molecule has 0 radical (unpaired) electrons. The van der Waals surface area contributed by atoms with Crippen molar-refractivity contribution in [3.05, 3.63) is 48.0 Å². The Hall–Kier alpha value is -1.65. The highest BCUT2D eigenvalue weighted by Crippen LogP contribution is 2.14. The highest BCUT2D eigenvalue weighted by molar-refractivity contribution is 5.40. The summed E-state index contributed by atoms with van der Waals surface area (Å²) in [5, 5.41) is 3.35. The van der Waals surface area contributed by atoms with E-state index >= 15 is 0 Å². The van der Waals surface area contributed by atoms with Crippen molar-refractivity contribution >= 4 is 0 Å². The summed E-state index contributed by atoms with van der Waals surface area (Å²) in [5.74, 6) is 0. The third-order valence-electron chi connectivity index (χ3n) is 2.93. The summed E-state index contributed by atoms with van der Waals surface area (Å²) in [7, 11) is 1.72. The molecule has 0 bridgehead atoms. The van der Waals surface area contributed by atoms with Gasteiger partial charge in [0.1, 0.15) is 0 Å². The van der Waals surface area contributed by atoms with Gasteiger partial charge in [-0.2, -0.15) is 0 Å². The Morgan fingerprint density at radius 1 is 1.39 bits per heavy atom. The van der Waals surface area contributed by atoms with Crippen molar-refractivity contribution in [2.75, 3.05) is 20.3 Å². The molecule has 0 amide bonds. The number of aryl methyl sites for hydroxylation is 1. The standard InChI is InChI=1S/C14H19N3O/c1-12-9-14(17-7-5-16-11-17)4-3-13(12)10-15-6-8-18-2/h3-5,7,9,11,15H,6,8,10H2,1-2H3. The van der Waals surface area contributed by atoms with Crippen LogP contribution in [-0.2, 0) is 11.3 Å². The lowest BCUT2D eigenvalue weighted by Crippen LogP contribution is -2.19. The zero-order chi connectivity index (χ0) is 12.8. The summed E-state index contributed by atoms with van der Waals surface area (Å²) >= 11 is 0. The van der Waals surface area contributed by atoms with Crippen molar-refractivity contribution < 1.29 is 4.74 Å². The molecule has 18 heavy (non-hydrogen) atoms. The van der Waals surface area contributed by atoms with Gasteiger partial charge in [-0.3, -0.25) is 0 Å². The number of aromatic nitrogens is 2. The highest BCUT2D eigenvalue weighted by Gasteiger charge is 2.01. The van der Waals surface area contributed by atoms with E-state index in [9.17, 15) is 0 Å². The van der Waals surface area contributed by atoms with Crippen LogP contribution in [0.2, 0.25) is 0 Å². The van der Waals surface area contributed by atoms with Gasteiger partial charge in [0.15, 0.2) is 0 Å². The fourth-order valence-electron chi connectivity index (χ4n) is 1.85. The molecule has 4 heteroatoms. The minimum atomic E-state index is 0.742. The van der Waals surface area contributed by atoms with E-state index in [4.69, 9.17) is 4.74 Å². The smallest absolute Gasteiger partial charge is 0.0991 e. The average molecular weight is 245 g/mol. The van der Waals surface area contributed by atoms with E-state index in [0.29, 0.717) is 0 Å². The monoisotopic (exact) mass is 245 g/mol. The Morgan fingerprint density at radius 2 is 2.28 bits per heavy atom. The molecule has 4 nitrogen and oxygen atoms in total. The van der Waals surface area contributed by atoms with Crippen LogP contribution >= 0.6 is 0 Å². The summed E-state index contributed by atoms with van der Waals surface area (Å²) in [6, 6.07) is 6.45. The Bertz CT molecular complexity index is 480. The first-order valence-corrected chi connectivity index (χ1v) is 6.09. The first kappa shape index (κ1) is 12.8. The lowest BCUT2D eigenvalue weighted by molar-refractivity contribution is 0.199. The molecule has 0 saturated heterocycles. The molecule has 0 aliphatic heterocycles. The Labute approximate surface area is 108 Å². The van der Waals surface area contributed by atoms with Gasteiger partial charge in [0.25, 0.3) is 0 Å². The third kappa shape index (κ3) is 3.18. The molecule has 2 aromatic rings. The number of rotatable bonds is 6. The first-order valence-electron chi connectivity index (χ1n) is 6.09. The van der Waals surface area contributed by atoms with Crippen LogP contribution in [0.5, 0.6) is 0 Å². The summed E-state index contributed by atoms with van der Waals surface area (Å²) in [4.78, 5) is 4.06. The minimum Gasteiger partial charge on any atom is -0.383 e. The van der Waals surface area contributed by atoms with Gasteiger partial charge in [0, 0.05) is 38.3 Å². The lowest BCUT2D eigenvalue weighted by atomic mass is 10.1. The minimum absolute atomic E-state index is 0.742. The summed E-state index contributed by atoms with van der Waals surface area (Å²) < 4.78 is 7.01. The second-order valence-electron chi connectivity index (χ2n) is 4.25. The molecule has 96 valence electrons. The largest absolute Gasteiger partial charge is 0.383 e. The molecule has 1 aromatic heterocycles. The van der Waals surface area contributed by atoms with Crippen LogP contribution in [-0.4, -0.2) is 29.8 Å². The van der Waals surface area contributed by atoms with E-state index in [2.05, 4.69) is 35.4 Å². The highest BCUT2D eigenvalue weighted by atomic mass is 16.5. The zero-order valence-corrected chi connectivity index (χ0v) is 10.9. The molecule has 0 spiro atoms. The van der Waals surface area contributed by atoms with Crippen molar-refractivity contribution in [1.29, 1.82) is 0 Å². The normalized spacial score (nSPS) is 10.8. The van der Waals surface area contributed by atoms with Crippen molar-refractivity contribution in [2.45, 2.75) is 13.5 Å². The van der Waals surface area contributed by atoms with E-state index in [0.717, 1.165) is 25.4 Å². The van der Waals surface area contributed by atoms with Crippen molar-refractivity contribution in [3.8, 4) is 5.69 Å². The van der Waals surface area contributed by atoms with E-state index in [1.54, 1.807) is 13.3 Å². The predicted molar refractivity (Wildman–Crippen MR) is 71.9 cm³/mol. The summed E-state index contributed by atoms with van der Waals surface area (Å²) in [6.07, 6.45) is 5.55.